The third-order valence-corrected chi connectivity index (χ3v) is 5.89. The monoisotopic (exact) mass is 448 g/mol. The average Bonchev–Trinajstić information content (AvgIpc) is 2.81. The van der Waals surface area contributed by atoms with E-state index in [9.17, 15) is 14.0 Å². The largest absolute Gasteiger partial charge is 0.350 e. The first-order valence-corrected chi connectivity index (χ1v) is 11.3. The van der Waals surface area contributed by atoms with Gasteiger partial charge in [-0.15, -0.1) is 0 Å². The third kappa shape index (κ3) is 5.54. The van der Waals surface area contributed by atoms with Crippen LogP contribution in [0, 0.1) is 5.82 Å². The summed E-state index contributed by atoms with van der Waals surface area (Å²) >= 11 is 0. The summed E-state index contributed by atoms with van der Waals surface area (Å²) in [7, 11) is 0. The highest BCUT2D eigenvalue weighted by molar-refractivity contribution is 5.75. The van der Waals surface area contributed by atoms with Gasteiger partial charge < -0.3 is 5.32 Å². The van der Waals surface area contributed by atoms with Crippen LogP contribution in [0.1, 0.15) is 48.0 Å². The van der Waals surface area contributed by atoms with Crippen LogP contribution in [0.2, 0.25) is 0 Å². The van der Waals surface area contributed by atoms with Gasteiger partial charge in [-0.1, -0.05) is 56.3 Å². The van der Waals surface area contributed by atoms with Crippen LogP contribution in [0.4, 0.5) is 4.39 Å². The number of rotatable bonds is 7. The van der Waals surface area contributed by atoms with Crippen molar-refractivity contribution < 1.29 is 9.18 Å². The Hall–Kier alpha value is -3.32. The first-order chi connectivity index (χ1) is 15.9. The van der Waals surface area contributed by atoms with Crippen LogP contribution in [0.25, 0.3) is 0 Å². The molecule has 1 aliphatic rings. The van der Waals surface area contributed by atoms with Gasteiger partial charge >= 0.3 is 0 Å². The van der Waals surface area contributed by atoms with E-state index in [1.165, 1.54) is 22.3 Å². The number of fused-ring (bicyclic) bond motifs is 1. The molecule has 4 rings (SSSR count). The van der Waals surface area contributed by atoms with Crippen molar-refractivity contribution in [3.05, 3.63) is 99.0 Å². The molecular formula is C26H29FN4O2. The molecular weight excluding hydrogens is 419 g/mol. The van der Waals surface area contributed by atoms with Crippen molar-refractivity contribution in [2.24, 2.45) is 0 Å². The SMILES string of the molecule is CC(C)c1nc2c(c(=O)n1CC(=O)NCc1ccc(F)cc1)CN(Cc1ccccc1)CC2. The van der Waals surface area contributed by atoms with Gasteiger partial charge in [0.25, 0.3) is 5.56 Å². The quantitative estimate of drug-likeness (QED) is 0.602. The molecule has 0 radical (unpaired) electrons. The van der Waals surface area contributed by atoms with Crippen molar-refractivity contribution in [1.82, 2.24) is 19.8 Å². The highest BCUT2D eigenvalue weighted by Gasteiger charge is 2.25. The molecule has 1 N–H and O–H groups in total. The topological polar surface area (TPSA) is 67.2 Å². The standard InChI is InChI=1S/C26H29FN4O2/c1-18(2)25-29-23-12-13-30(15-20-6-4-3-5-7-20)16-22(23)26(33)31(25)17-24(32)28-14-19-8-10-21(27)11-9-19/h3-11,18H,12-17H2,1-2H3,(H,28,32). The van der Waals surface area contributed by atoms with Crippen LogP contribution >= 0.6 is 0 Å². The van der Waals surface area contributed by atoms with Gasteiger partial charge in [-0.2, -0.15) is 0 Å². The van der Waals surface area contributed by atoms with Gasteiger partial charge in [0.1, 0.15) is 18.2 Å². The summed E-state index contributed by atoms with van der Waals surface area (Å²) in [5, 5.41) is 2.82. The fourth-order valence-electron chi connectivity index (χ4n) is 4.16. The fourth-order valence-corrected chi connectivity index (χ4v) is 4.16. The van der Waals surface area contributed by atoms with Gasteiger partial charge in [-0.3, -0.25) is 19.1 Å². The smallest absolute Gasteiger partial charge is 0.258 e. The predicted octanol–water partition coefficient (Wildman–Crippen LogP) is 3.38. The number of nitrogens with one attached hydrogen (secondary N) is 1. The molecule has 2 aromatic carbocycles. The molecule has 7 heteroatoms. The predicted molar refractivity (Wildman–Crippen MR) is 125 cm³/mol. The molecule has 172 valence electrons. The lowest BCUT2D eigenvalue weighted by molar-refractivity contribution is -0.121. The van der Waals surface area contributed by atoms with Gasteiger partial charge in [-0.25, -0.2) is 9.37 Å². The van der Waals surface area contributed by atoms with Gasteiger partial charge in [0.2, 0.25) is 5.91 Å². The first-order valence-electron chi connectivity index (χ1n) is 11.3. The van der Waals surface area contributed by atoms with Crippen molar-refractivity contribution in [3.8, 4) is 0 Å². The lowest BCUT2D eigenvalue weighted by atomic mass is 10.0. The maximum Gasteiger partial charge on any atom is 0.258 e. The molecule has 1 aliphatic heterocycles. The minimum atomic E-state index is -0.320. The Labute approximate surface area is 193 Å². The molecule has 0 saturated heterocycles. The van der Waals surface area contributed by atoms with Gasteiger partial charge in [-0.05, 0) is 23.3 Å². The Morgan fingerprint density at radius 1 is 1.09 bits per heavy atom. The fraction of sp³-hybridized carbons (Fsp3) is 0.346. The van der Waals surface area contributed by atoms with Crippen LogP contribution in [0.15, 0.2) is 59.4 Å². The number of carbonyl (C=O) groups excluding carboxylic acids is 1. The maximum absolute atomic E-state index is 13.5. The molecule has 0 aliphatic carbocycles. The zero-order valence-corrected chi connectivity index (χ0v) is 19.1. The number of amides is 1. The molecule has 2 heterocycles. The number of halogens is 1. The summed E-state index contributed by atoms with van der Waals surface area (Å²) in [5.74, 6) is 0.0455. The molecule has 0 spiro atoms. The first kappa shape index (κ1) is 22.9. The summed E-state index contributed by atoms with van der Waals surface area (Å²) < 4.78 is 14.6. The maximum atomic E-state index is 13.5. The van der Waals surface area contributed by atoms with E-state index in [0.717, 1.165) is 24.3 Å². The van der Waals surface area contributed by atoms with E-state index in [4.69, 9.17) is 4.98 Å². The number of hydrogen-bond donors (Lipinski definition) is 1. The molecule has 0 saturated carbocycles. The highest BCUT2D eigenvalue weighted by Crippen LogP contribution is 2.20. The summed E-state index contributed by atoms with van der Waals surface area (Å²) in [5.41, 5.74) is 3.37. The molecule has 1 amide bonds. The minimum absolute atomic E-state index is 0.00949. The van der Waals surface area contributed by atoms with Crippen LogP contribution in [0.3, 0.4) is 0 Å². The summed E-state index contributed by atoms with van der Waals surface area (Å²) in [6, 6.07) is 16.2. The van der Waals surface area contributed by atoms with Crippen LogP contribution in [0.5, 0.6) is 0 Å². The molecule has 6 nitrogen and oxygen atoms in total. The normalized spacial score (nSPS) is 13.7. The second kappa shape index (κ2) is 10.1. The van der Waals surface area contributed by atoms with E-state index >= 15 is 0 Å². The molecule has 0 bridgehead atoms. The second-order valence-corrected chi connectivity index (χ2v) is 8.79. The minimum Gasteiger partial charge on any atom is -0.350 e. The molecule has 3 aromatic rings. The Morgan fingerprint density at radius 3 is 2.52 bits per heavy atom. The van der Waals surface area contributed by atoms with Gasteiger partial charge in [0.05, 0.1) is 11.3 Å². The summed E-state index contributed by atoms with van der Waals surface area (Å²) in [4.78, 5) is 33.2. The van der Waals surface area contributed by atoms with E-state index in [1.807, 2.05) is 32.0 Å². The van der Waals surface area contributed by atoms with Crippen molar-refractivity contribution in [2.45, 2.75) is 52.4 Å². The average molecular weight is 449 g/mol. The number of aromatic nitrogens is 2. The van der Waals surface area contributed by atoms with Crippen molar-refractivity contribution in [1.29, 1.82) is 0 Å². The van der Waals surface area contributed by atoms with E-state index < -0.39 is 0 Å². The van der Waals surface area contributed by atoms with Crippen LogP contribution < -0.4 is 10.9 Å². The number of benzene rings is 2. The molecule has 0 fully saturated rings. The van der Waals surface area contributed by atoms with E-state index in [2.05, 4.69) is 22.3 Å². The second-order valence-electron chi connectivity index (χ2n) is 8.79. The van der Waals surface area contributed by atoms with Crippen LogP contribution in [-0.2, 0) is 37.4 Å². The van der Waals surface area contributed by atoms with Crippen molar-refractivity contribution in [3.63, 3.8) is 0 Å². The van der Waals surface area contributed by atoms with Crippen molar-refractivity contribution in [2.75, 3.05) is 6.54 Å². The zero-order valence-electron chi connectivity index (χ0n) is 19.1. The molecule has 33 heavy (non-hydrogen) atoms. The van der Waals surface area contributed by atoms with Gasteiger partial charge in [0.15, 0.2) is 0 Å². The third-order valence-electron chi connectivity index (χ3n) is 5.89. The highest BCUT2D eigenvalue weighted by atomic mass is 19.1. The van der Waals surface area contributed by atoms with Crippen LogP contribution in [-0.4, -0.2) is 26.9 Å². The molecule has 0 unspecified atom stereocenters. The Kier molecular flexibility index (Phi) is 6.99. The van der Waals surface area contributed by atoms with E-state index in [0.29, 0.717) is 24.4 Å². The summed E-state index contributed by atoms with van der Waals surface area (Å²) in [6.07, 6.45) is 0.717. The number of nitrogens with zero attached hydrogens (tertiary/aromatic N) is 3. The van der Waals surface area contributed by atoms with Gasteiger partial charge in [0, 0.05) is 38.5 Å². The molecule has 0 atom stereocenters. The number of carbonyl (C=O) groups is 1. The summed E-state index contributed by atoms with van der Waals surface area (Å²) in [6.45, 7) is 6.27. The molecule has 1 aromatic heterocycles. The zero-order chi connectivity index (χ0) is 23.4. The lowest BCUT2D eigenvalue weighted by Gasteiger charge is -2.29. The Balaban J connectivity index is 1.52. The van der Waals surface area contributed by atoms with E-state index in [1.54, 1.807) is 12.1 Å². The lowest BCUT2D eigenvalue weighted by Crippen LogP contribution is -2.41. The van der Waals surface area contributed by atoms with Crippen molar-refractivity contribution >= 4 is 5.91 Å². The van der Waals surface area contributed by atoms with E-state index in [-0.39, 0.29) is 36.3 Å². The Bertz CT molecular complexity index is 1170. The number of hydrogen-bond acceptors (Lipinski definition) is 4. The Morgan fingerprint density at radius 2 is 1.82 bits per heavy atom.